The molecule has 0 aromatic carbocycles. The van der Waals surface area contributed by atoms with Crippen LogP contribution in [0.2, 0.25) is 0 Å². The fourth-order valence-corrected chi connectivity index (χ4v) is 3.93. The highest BCUT2D eigenvalue weighted by Gasteiger charge is 2.37. The minimum Gasteiger partial charge on any atom is -0.459 e. The van der Waals surface area contributed by atoms with Crippen molar-refractivity contribution in [2.24, 2.45) is 0 Å². The van der Waals surface area contributed by atoms with Crippen LogP contribution in [0.5, 0.6) is 0 Å². The van der Waals surface area contributed by atoms with Gasteiger partial charge < -0.3 is 14.2 Å². The van der Waals surface area contributed by atoms with Gasteiger partial charge in [0.25, 0.3) is 5.91 Å². The highest BCUT2D eigenvalue weighted by atomic mass is 32.2. The van der Waals surface area contributed by atoms with Crippen LogP contribution in [0.25, 0.3) is 0 Å². The highest BCUT2D eigenvalue weighted by molar-refractivity contribution is 7.88. The van der Waals surface area contributed by atoms with E-state index in [1.54, 1.807) is 21.9 Å². The Morgan fingerprint density at radius 3 is 2.33 bits per heavy atom. The zero-order valence-electron chi connectivity index (χ0n) is 13.6. The molecule has 2 amide bonds. The van der Waals surface area contributed by atoms with Crippen LogP contribution < -0.4 is 0 Å². The smallest absolute Gasteiger partial charge is 0.289 e. The largest absolute Gasteiger partial charge is 0.459 e. The Kier molecular flexibility index (Phi) is 4.64. The van der Waals surface area contributed by atoms with Crippen molar-refractivity contribution >= 4 is 21.8 Å². The summed E-state index contributed by atoms with van der Waals surface area (Å²) in [5, 5.41) is 0. The zero-order valence-corrected chi connectivity index (χ0v) is 14.4. The van der Waals surface area contributed by atoms with Gasteiger partial charge in [-0.05, 0) is 25.0 Å². The van der Waals surface area contributed by atoms with Crippen LogP contribution in [-0.4, -0.2) is 79.4 Å². The van der Waals surface area contributed by atoms with E-state index in [2.05, 4.69) is 0 Å². The monoisotopic (exact) mass is 355 g/mol. The second-order valence-corrected chi connectivity index (χ2v) is 8.12. The molecule has 1 aromatic heterocycles. The van der Waals surface area contributed by atoms with Gasteiger partial charge in [0.05, 0.1) is 19.1 Å². The van der Waals surface area contributed by atoms with E-state index in [0.717, 1.165) is 19.1 Å². The fraction of sp³-hybridized carbons (Fsp3) is 0.600. The lowest BCUT2D eigenvalue weighted by molar-refractivity contribution is -0.133. The molecule has 0 spiro atoms. The Labute approximate surface area is 141 Å². The van der Waals surface area contributed by atoms with Crippen LogP contribution in [-0.2, 0) is 14.8 Å². The van der Waals surface area contributed by atoms with Gasteiger partial charge in [-0.1, -0.05) is 0 Å². The molecule has 132 valence electrons. The van der Waals surface area contributed by atoms with E-state index < -0.39 is 10.0 Å². The molecule has 2 aliphatic rings. The number of sulfonamides is 1. The number of amides is 2. The first-order valence-corrected chi connectivity index (χ1v) is 9.78. The number of furan rings is 1. The van der Waals surface area contributed by atoms with Gasteiger partial charge in [-0.2, -0.15) is 4.31 Å². The van der Waals surface area contributed by atoms with Crippen molar-refractivity contribution in [1.29, 1.82) is 0 Å². The van der Waals surface area contributed by atoms with Crippen molar-refractivity contribution in [2.45, 2.75) is 18.9 Å². The van der Waals surface area contributed by atoms with Crippen LogP contribution >= 0.6 is 0 Å². The van der Waals surface area contributed by atoms with Gasteiger partial charge >= 0.3 is 0 Å². The number of carbonyl (C=O) groups is 2. The summed E-state index contributed by atoms with van der Waals surface area (Å²) in [4.78, 5) is 27.8. The summed E-state index contributed by atoms with van der Waals surface area (Å²) in [6, 6.07) is 3.23. The third-order valence-corrected chi connectivity index (χ3v) is 5.60. The minimum atomic E-state index is -3.38. The molecule has 3 rings (SSSR count). The van der Waals surface area contributed by atoms with Gasteiger partial charge in [-0.15, -0.1) is 0 Å². The molecule has 0 N–H and O–H groups in total. The van der Waals surface area contributed by atoms with Gasteiger partial charge in [-0.25, -0.2) is 8.42 Å². The van der Waals surface area contributed by atoms with Gasteiger partial charge in [0.2, 0.25) is 15.9 Å². The number of piperazine rings is 1. The Morgan fingerprint density at radius 1 is 1.21 bits per heavy atom. The third kappa shape index (κ3) is 3.78. The zero-order chi connectivity index (χ0) is 17.3. The number of hydrogen-bond donors (Lipinski definition) is 0. The molecule has 1 saturated heterocycles. The number of carbonyl (C=O) groups excluding carboxylic acids is 2. The van der Waals surface area contributed by atoms with Gasteiger partial charge in [-0.3, -0.25) is 9.59 Å². The summed E-state index contributed by atoms with van der Waals surface area (Å²) >= 11 is 0. The van der Waals surface area contributed by atoms with E-state index in [1.807, 2.05) is 0 Å². The normalized spacial score (nSPS) is 18.9. The minimum absolute atomic E-state index is 0.0363. The number of nitrogens with zero attached hydrogens (tertiary/aromatic N) is 3. The SMILES string of the molecule is CS(=O)(=O)N(CC(=O)N1CCN(C(=O)c2ccco2)CC1)C1CC1. The average molecular weight is 355 g/mol. The summed E-state index contributed by atoms with van der Waals surface area (Å²) < 4.78 is 30.0. The topological polar surface area (TPSA) is 91.1 Å². The molecule has 2 heterocycles. The van der Waals surface area contributed by atoms with Gasteiger partial charge in [0, 0.05) is 32.2 Å². The molecule has 1 saturated carbocycles. The lowest BCUT2D eigenvalue weighted by Gasteiger charge is -2.35. The second-order valence-electron chi connectivity index (χ2n) is 6.19. The molecule has 0 bridgehead atoms. The summed E-state index contributed by atoms with van der Waals surface area (Å²) in [6.07, 6.45) is 4.21. The molecule has 24 heavy (non-hydrogen) atoms. The van der Waals surface area contributed by atoms with Crippen molar-refractivity contribution < 1.29 is 22.4 Å². The Morgan fingerprint density at radius 2 is 1.83 bits per heavy atom. The maximum atomic E-state index is 12.4. The third-order valence-electron chi connectivity index (χ3n) is 4.32. The van der Waals surface area contributed by atoms with E-state index in [4.69, 9.17) is 4.42 Å². The first-order valence-electron chi connectivity index (χ1n) is 7.93. The molecule has 0 radical (unpaired) electrons. The van der Waals surface area contributed by atoms with E-state index in [1.165, 1.54) is 10.6 Å². The molecule has 1 aliphatic heterocycles. The lowest BCUT2D eigenvalue weighted by Crippen LogP contribution is -2.53. The molecule has 1 aliphatic carbocycles. The Hall–Kier alpha value is -1.87. The summed E-state index contributed by atoms with van der Waals surface area (Å²) in [5.74, 6) is -0.118. The Bertz CT molecular complexity index is 703. The van der Waals surface area contributed by atoms with E-state index in [9.17, 15) is 18.0 Å². The molecule has 0 unspecified atom stereocenters. The summed E-state index contributed by atoms with van der Waals surface area (Å²) in [6.45, 7) is 1.50. The van der Waals surface area contributed by atoms with Crippen molar-refractivity contribution in [3.63, 3.8) is 0 Å². The molecule has 9 heteroatoms. The van der Waals surface area contributed by atoms with Crippen LogP contribution in [0, 0.1) is 0 Å². The van der Waals surface area contributed by atoms with Crippen LogP contribution in [0.3, 0.4) is 0 Å². The quantitative estimate of drug-likeness (QED) is 0.741. The van der Waals surface area contributed by atoms with E-state index >= 15 is 0 Å². The second kappa shape index (κ2) is 6.56. The van der Waals surface area contributed by atoms with Crippen LogP contribution in [0.15, 0.2) is 22.8 Å². The maximum absolute atomic E-state index is 12.4. The van der Waals surface area contributed by atoms with E-state index in [0.29, 0.717) is 26.2 Å². The van der Waals surface area contributed by atoms with Gasteiger partial charge in [0.1, 0.15) is 0 Å². The van der Waals surface area contributed by atoms with Crippen LogP contribution in [0.1, 0.15) is 23.4 Å². The summed E-state index contributed by atoms with van der Waals surface area (Å²) in [5.41, 5.74) is 0. The predicted molar refractivity (Wildman–Crippen MR) is 85.8 cm³/mol. The van der Waals surface area contributed by atoms with Crippen molar-refractivity contribution in [3.8, 4) is 0 Å². The first kappa shape index (κ1) is 17.0. The van der Waals surface area contributed by atoms with Crippen molar-refractivity contribution in [1.82, 2.24) is 14.1 Å². The maximum Gasteiger partial charge on any atom is 0.289 e. The highest BCUT2D eigenvalue weighted by Crippen LogP contribution is 2.28. The van der Waals surface area contributed by atoms with Crippen molar-refractivity contribution in [2.75, 3.05) is 39.0 Å². The molecule has 1 aromatic rings. The summed E-state index contributed by atoms with van der Waals surface area (Å²) in [7, 11) is -3.38. The van der Waals surface area contributed by atoms with Crippen molar-refractivity contribution in [3.05, 3.63) is 24.2 Å². The van der Waals surface area contributed by atoms with Gasteiger partial charge in [0.15, 0.2) is 5.76 Å². The molecular weight excluding hydrogens is 334 g/mol. The lowest BCUT2D eigenvalue weighted by atomic mass is 10.2. The van der Waals surface area contributed by atoms with Crippen LogP contribution in [0.4, 0.5) is 0 Å². The predicted octanol–water partition coefficient (Wildman–Crippen LogP) is -0.0120. The fourth-order valence-electron chi connectivity index (χ4n) is 2.83. The molecule has 8 nitrogen and oxygen atoms in total. The van der Waals surface area contributed by atoms with E-state index in [-0.39, 0.29) is 30.2 Å². The molecule has 2 fully saturated rings. The number of rotatable bonds is 5. The first-order chi connectivity index (χ1) is 11.4. The molecule has 0 atom stereocenters. The molecular formula is C15H21N3O5S. The average Bonchev–Trinajstić information content (AvgIpc) is 3.23. The standard InChI is InChI=1S/C15H21N3O5S/c1-24(21,22)18(12-4-5-12)11-14(19)16-6-8-17(9-7-16)15(20)13-3-2-10-23-13/h2-3,10,12H,4-9,11H2,1H3. The Balaban J connectivity index is 1.54. The number of hydrogen-bond acceptors (Lipinski definition) is 5.